The van der Waals surface area contributed by atoms with Gasteiger partial charge in [0.1, 0.15) is 23.0 Å². The topological polar surface area (TPSA) is 90.0 Å². The highest BCUT2D eigenvalue weighted by Gasteiger charge is 2.35. The first-order chi connectivity index (χ1) is 18.3. The first-order valence-corrected chi connectivity index (χ1v) is 14.0. The van der Waals surface area contributed by atoms with E-state index in [9.17, 15) is 18.0 Å². The number of amides is 2. The number of carbonyl (C=O) groups excluding carboxylic acids is 2. The molecule has 0 aliphatic carbocycles. The summed E-state index contributed by atoms with van der Waals surface area (Å²) >= 11 is 0.788. The molecule has 7 nitrogen and oxygen atoms in total. The van der Waals surface area contributed by atoms with Crippen molar-refractivity contribution in [2.24, 2.45) is 0 Å². The fourth-order valence-electron chi connectivity index (χ4n) is 3.95. The minimum absolute atomic E-state index is 0.0180. The predicted octanol–water partition coefficient (Wildman–Crippen LogP) is 6.03. The lowest BCUT2D eigenvalue weighted by Crippen LogP contribution is -2.32. The van der Waals surface area contributed by atoms with E-state index >= 15 is 0 Å². The second-order valence-electron chi connectivity index (χ2n) is 8.55. The van der Waals surface area contributed by atoms with Gasteiger partial charge in [0, 0.05) is 10.9 Å². The molecule has 0 N–H and O–H groups in total. The first-order valence-electron chi connectivity index (χ1n) is 11.8. The quantitative estimate of drug-likeness (QED) is 0.197. The van der Waals surface area contributed by atoms with Crippen LogP contribution in [0.2, 0.25) is 0 Å². The molecule has 1 saturated heterocycles. The van der Waals surface area contributed by atoms with Crippen molar-refractivity contribution in [3.63, 3.8) is 0 Å². The van der Waals surface area contributed by atoms with Crippen LogP contribution < -0.4 is 8.92 Å². The molecule has 0 radical (unpaired) electrons. The van der Waals surface area contributed by atoms with Gasteiger partial charge in [-0.3, -0.25) is 14.5 Å². The number of thioether (sulfide) groups is 1. The Kier molecular flexibility index (Phi) is 7.22. The average Bonchev–Trinajstić information content (AvgIpc) is 3.17. The van der Waals surface area contributed by atoms with Gasteiger partial charge in [0.25, 0.3) is 11.1 Å². The lowest BCUT2D eigenvalue weighted by atomic mass is 10.1. The fraction of sp³-hybridized carbons (Fsp3) is 0.103. The van der Waals surface area contributed by atoms with Crippen LogP contribution in [0.25, 0.3) is 16.8 Å². The van der Waals surface area contributed by atoms with Crippen molar-refractivity contribution < 1.29 is 26.9 Å². The van der Waals surface area contributed by atoms with E-state index < -0.39 is 21.3 Å². The molecule has 2 amide bonds. The summed E-state index contributed by atoms with van der Waals surface area (Å²) in [6.45, 7) is 2.06. The standard InChI is InChI=1S/C29H23NO6S2/c1-20-13-15-23(16-14-20)38(33,34)36-25-11-5-3-8-22(25)19-27-28(31)30(29(32)37-27)17-18-35-26-12-6-9-21-7-2-4-10-24(21)26/h2-16,19H,17-18H2,1H3/b27-19-. The molecule has 1 aliphatic heterocycles. The molecule has 5 rings (SSSR count). The zero-order valence-corrected chi connectivity index (χ0v) is 22.0. The van der Waals surface area contributed by atoms with E-state index in [0.717, 1.165) is 33.0 Å². The van der Waals surface area contributed by atoms with Crippen LogP contribution >= 0.6 is 11.8 Å². The van der Waals surface area contributed by atoms with Crippen molar-refractivity contribution in [1.82, 2.24) is 4.90 Å². The number of aryl methyl sites for hydroxylation is 1. The van der Waals surface area contributed by atoms with Gasteiger partial charge in [-0.1, -0.05) is 72.3 Å². The number of hydrogen-bond donors (Lipinski definition) is 0. The van der Waals surface area contributed by atoms with Crippen molar-refractivity contribution in [3.05, 3.63) is 107 Å². The molecular weight excluding hydrogens is 522 g/mol. The number of rotatable bonds is 8. The molecule has 0 unspecified atom stereocenters. The number of fused-ring (bicyclic) bond motifs is 1. The van der Waals surface area contributed by atoms with Gasteiger partial charge in [-0.15, -0.1) is 0 Å². The maximum atomic E-state index is 13.0. The smallest absolute Gasteiger partial charge is 0.339 e. The summed E-state index contributed by atoms with van der Waals surface area (Å²) < 4.78 is 36.9. The number of imide groups is 1. The molecule has 0 saturated carbocycles. The summed E-state index contributed by atoms with van der Waals surface area (Å²) in [7, 11) is -4.09. The zero-order valence-electron chi connectivity index (χ0n) is 20.4. The molecule has 1 heterocycles. The number of hydrogen-bond acceptors (Lipinski definition) is 7. The van der Waals surface area contributed by atoms with E-state index in [0.29, 0.717) is 11.3 Å². The maximum Gasteiger partial charge on any atom is 0.339 e. The number of benzene rings is 4. The van der Waals surface area contributed by atoms with Gasteiger partial charge in [-0.05, 0) is 54.4 Å². The highest BCUT2D eigenvalue weighted by molar-refractivity contribution is 8.18. The van der Waals surface area contributed by atoms with Gasteiger partial charge < -0.3 is 8.92 Å². The number of para-hydroxylation sites is 1. The molecule has 4 aromatic carbocycles. The van der Waals surface area contributed by atoms with E-state index in [1.54, 1.807) is 30.3 Å². The Hall–Kier alpha value is -4.08. The Morgan fingerprint density at radius 1 is 0.842 bits per heavy atom. The van der Waals surface area contributed by atoms with Crippen LogP contribution in [0.3, 0.4) is 0 Å². The molecule has 1 aliphatic rings. The summed E-state index contributed by atoms with van der Waals surface area (Å²) in [5.41, 5.74) is 1.28. The summed E-state index contributed by atoms with van der Waals surface area (Å²) in [6.07, 6.45) is 1.47. The Balaban J connectivity index is 1.30. The third-order valence-electron chi connectivity index (χ3n) is 5.91. The first kappa shape index (κ1) is 25.6. The number of nitrogens with zero attached hydrogens (tertiary/aromatic N) is 1. The second kappa shape index (κ2) is 10.7. The second-order valence-corrected chi connectivity index (χ2v) is 11.1. The van der Waals surface area contributed by atoms with Gasteiger partial charge >= 0.3 is 10.1 Å². The van der Waals surface area contributed by atoms with Crippen LogP contribution in [-0.4, -0.2) is 37.6 Å². The summed E-state index contributed by atoms with van der Waals surface area (Å²) in [6, 6.07) is 26.3. The highest BCUT2D eigenvalue weighted by atomic mass is 32.2. The van der Waals surface area contributed by atoms with Crippen LogP contribution in [0.1, 0.15) is 11.1 Å². The number of carbonyl (C=O) groups is 2. The van der Waals surface area contributed by atoms with Crippen molar-refractivity contribution in [1.29, 1.82) is 0 Å². The zero-order chi connectivity index (χ0) is 26.7. The average molecular weight is 546 g/mol. The molecule has 4 aromatic rings. The van der Waals surface area contributed by atoms with Crippen molar-refractivity contribution in [2.75, 3.05) is 13.2 Å². The summed E-state index contributed by atoms with van der Waals surface area (Å²) in [5.74, 6) is 0.253. The fourth-order valence-corrected chi connectivity index (χ4v) is 5.76. The Morgan fingerprint density at radius 2 is 1.53 bits per heavy atom. The SMILES string of the molecule is Cc1ccc(S(=O)(=O)Oc2ccccc2/C=C2\SC(=O)N(CCOc3cccc4ccccc34)C2=O)cc1. The monoisotopic (exact) mass is 545 g/mol. The minimum atomic E-state index is -4.09. The largest absolute Gasteiger partial charge is 0.491 e. The van der Waals surface area contributed by atoms with E-state index in [4.69, 9.17) is 8.92 Å². The lowest BCUT2D eigenvalue weighted by Gasteiger charge is -2.14. The minimum Gasteiger partial charge on any atom is -0.491 e. The lowest BCUT2D eigenvalue weighted by molar-refractivity contribution is -0.123. The van der Waals surface area contributed by atoms with Gasteiger partial charge in [0.2, 0.25) is 0 Å². The Bertz CT molecular complexity index is 1660. The molecule has 0 aromatic heterocycles. The summed E-state index contributed by atoms with van der Waals surface area (Å²) in [5, 5.41) is 1.55. The van der Waals surface area contributed by atoms with Gasteiger partial charge in [0.15, 0.2) is 0 Å². The van der Waals surface area contributed by atoms with E-state index in [1.165, 1.54) is 24.3 Å². The van der Waals surface area contributed by atoms with E-state index in [2.05, 4.69) is 0 Å². The van der Waals surface area contributed by atoms with Crippen molar-refractivity contribution in [3.8, 4) is 11.5 Å². The van der Waals surface area contributed by atoms with Crippen LogP contribution in [0.5, 0.6) is 11.5 Å². The molecule has 0 atom stereocenters. The Morgan fingerprint density at radius 3 is 2.34 bits per heavy atom. The predicted molar refractivity (Wildman–Crippen MR) is 148 cm³/mol. The Labute approximate surface area is 224 Å². The molecule has 192 valence electrons. The van der Waals surface area contributed by atoms with Crippen molar-refractivity contribution >= 4 is 49.9 Å². The molecule has 38 heavy (non-hydrogen) atoms. The highest BCUT2D eigenvalue weighted by Crippen LogP contribution is 2.34. The molecule has 0 bridgehead atoms. The van der Waals surface area contributed by atoms with Crippen molar-refractivity contribution in [2.45, 2.75) is 11.8 Å². The van der Waals surface area contributed by atoms with Crippen LogP contribution in [0, 0.1) is 6.92 Å². The summed E-state index contributed by atoms with van der Waals surface area (Å²) in [4.78, 5) is 26.9. The third-order valence-corrected chi connectivity index (χ3v) is 8.07. The van der Waals surface area contributed by atoms with Gasteiger partial charge in [0.05, 0.1) is 11.4 Å². The maximum absolute atomic E-state index is 13.0. The molecular formula is C29H23NO6S2. The normalized spacial score (nSPS) is 14.9. The molecule has 9 heteroatoms. The molecule has 1 fully saturated rings. The third kappa shape index (κ3) is 5.44. The van der Waals surface area contributed by atoms with Gasteiger partial charge in [-0.25, -0.2) is 0 Å². The molecule has 0 spiro atoms. The van der Waals surface area contributed by atoms with E-state index in [-0.39, 0.29) is 28.7 Å². The van der Waals surface area contributed by atoms with Gasteiger partial charge in [-0.2, -0.15) is 8.42 Å². The van der Waals surface area contributed by atoms with Crippen LogP contribution in [0.15, 0.2) is 101 Å². The van der Waals surface area contributed by atoms with Crippen LogP contribution in [0.4, 0.5) is 4.79 Å². The van der Waals surface area contributed by atoms with Crippen LogP contribution in [-0.2, 0) is 14.9 Å². The number of ether oxygens (including phenoxy) is 1. The van der Waals surface area contributed by atoms with E-state index in [1.807, 2.05) is 49.4 Å².